The number of hydrogen-bond donors (Lipinski definition) is 1. The Hall–Kier alpha value is -2.85. The summed E-state index contributed by atoms with van der Waals surface area (Å²) in [5.41, 5.74) is 5.80. The lowest BCUT2D eigenvalue weighted by Crippen LogP contribution is -2.21. The van der Waals surface area contributed by atoms with Crippen LogP contribution < -0.4 is 5.73 Å². The topological polar surface area (TPSA) is 125 Å². The minimum absolute atomic E-state index is 0.0355. The van der Waals surface area contributed by atoms with Crippen molar-refractivity contribution in [1.82, 2.24) is 34.1 Å². The van der Waals surface area contributed by atoms with Gasteiger partial charge >= 0.3 is 0 Å². The van der Waals surface area contributed by atoms with Gasteiger partial charge in [-0.05, 0) is 30.1 Å². The molecule has 0 bridgehead atoms. The van der Waals surface area contributed by atoms with Crippen LogP contribution in [0, 0.1) is 0 Å². The number of halogens is 2. The van der Waals surface area contributed by atoms with Gasteiger partial charge in [0.2, 0.25) is 22.5 Å². The highest BCUT2D eigenvalue weighted by atomic mass is 35.5. The molecule has 0 aliphatic rings. The molecule has 10 nitrogen and oxygen atoms in total. The summed E-state index contributed by atoms with van der Waals surface area (Å²) in [5, 5.41) is -0.0206. The zero-order valence-corrected chi connectivity index (χ0v) is 14.4. The number of nitrogens with two attached hydrogens (primary N) is 1. The maximum atomic E-state index is 6.05. The first kappa shape index (κ1) is 17.0. The fourth-order valence-corrected chi connectivity index (χ4v) is 2.22. The summed E-state index contributed by atoms with van der Waals surface area (Å²) < 4.78 is 3.10. The average Bonchev–Trinajstić information content (AvgIpc) is 3.27. The van der Waals surface area contributed by atoms with E-state index < -0.39 is 6.04 Å². The third kappa shape index (κ3) is 4.17. The zero-order chi connectivity index (χ0) is 17.8. The van der Waals surface area contributed by atoms with Crippen molar-refractivity contribution in [2.24, 2.45) is 15.7 Å². The highest BCUT2D eigenvalue weighted by molar-refractivity contribution is 6.65. The van der Waals surface area contributed by atoms with E-state index in [9.17, 15) is 0 Å². The first-order chi connectivity index (χ1) is 12.0. The summed E-state index contributed by atoms with van der Waals surface area (Å²) in [4.78, 5) is 28.4. The molecule has 0 saturated heterocycles. The Kier molecular flexibility index (Phi) is 5.00. The molecule has 128 valence electrons. The summed E-state index contributed by atoms with van der Waals surface area (Å²) in [7, 11) is 0. The minimum Gasteiger partial charge on any atom is -0.369 e. The minimum atomic E-state index is -0.519. The van der Waals surface area contributed by atoms with E-state index in [-0.39, 0.29) is 16.5 Å². The van der Waals surface area contributed by atoms with E-state index >= 15 is 0 Å². The lowest BCUT2D eigenvalue weighted by molar-refractivity contribution is 0.716. The number of hydrogen-bond acceptors (Lipinski definition) is 6. The van der Waals surface area contributed by atoms with E-state index in [0.29, 0.717) is 11.8 Å². The Morgan fingerprint density at radius 3 is 2.60 bits per heavy atom. The van der Waals surface area contributed by atoms with Gasteiger partial charge in [-0.3, -0.25) is 9.13 Å². The van der Waals surface area contributed by atoms with Crippen LogP contribution >= 0.6 is 23.2 Å². The van der Waals surface area contributed by atoms with Gasteiger partial charge in [-0.15, -0.1) is 0 Å². The molecule has 3 aromatic rings. The lowest BCUT2D eigenvalue weighted by atomic mass is 10.3. The molecule has 0 aliphatic heterocycles. The largest absolute Gasteiger partial charge is 0.369 e. The van der Waals surface area contributed by atoms with Gasteiger partial charge in [0.1, 0.15) is 18.7 Å². The van der Waals surface area contributed by atoms with Crippen LogP contribution in [0.1, 0.15) is 18.8 Å². The van der Waals surface area contributed by atoms with Gasteiger partial charge in [0, 0.05) is 24.8 Å². The molecule has 0 aliphatic carbocycles. The van der Waals surface area contributed by atoms with Gasteiger partial charge < -0.3 is 5.73 Å². The summed E-state index contributed by atoms with van der Waals surface area (Å²) in [6.45, 7) is 1.74. The molecule has 0 fully saturated rings. The molecule has 0 spiro atoms. The molecular formula is C13H12Cl2N10. The van der Waals surface area contributed by atoms with Gasteiger partial charge in [0.25, 0.3) is 0 Å². The second-order valence-corrected chi connectivity index (χ2v) is 5.42. The first-order valence-electron chi connectivity index (χ1n) is 6.98. The summed E-state index contributed by atoms with van der Waals surface area (Å²) >= 11 is 12.0. The second-order valence-electron chi connectivity index (χ2n) is 4.75. The standard InChI is InChI=1S/C13H12Cl2N10/c1-8(19-10(14)22-12(16)24-4-2-17-6-24)9-20-11(15)23-13(21-9)25-5-3-18-7-25/h2-8H,1H3,(H2,16,19,22). The van der Waals surface area contributed by atoms with Gasteiger partial charge in [-0.25, -0.2) is 19.9 Å². The highest BCUT2D eigenvalue weighted by Crippen LogP contribution is 2.16. The molecule has 25 heavy (non-hydrogen) atoms. The van der Waals surface area contributed by atoms with Gasteiger partial charge in [-0.1, -0.05) is 0 Å². The van der Waals surface area contributed by atoms with E-state index in [2.05, 4.69) is 34.9 Å². The Labute approximate surface area is 152 Å². The average molecular weight is 379 g/mol. The second kappa shape index (κ2) is 7.36. The maximum absolute atomic E-state index is 6.05. The van der Waals surface area contributed by atoms with Crippen LogP contribution in [0.3, 0.4) is 0 Å². The fraction of sp³-hybridized carbons (Fsp3) is 0.154. The van der Waals surface area contributed by atoms with Crippen LogP contribution in [0.2, 0.25) is 5.28 Å². The molecule has 12 heteroatoms. The molecule has 0 radical (unpaired) electrons. The molecule has 0 saturated carbocycles. The first-order valence-corrected chi connectivity index (χ1v) is 7.74. The SMILES string of the molecule is CC(N=C(Cl)N=C(N)n1ccnc1)c1nc(Cl)nc(-n2ccnc2)n1. The van der Waals surface area contributed by atoms with E-state index in [0.717, 1.165) is 0 Å². The van der Waals surface area contributed by atoms with Crippen molar-refractivity contribution in [3.05, 3.63) is 48.6 Å². The number of aliphatic imine (C=N–C) groups is 2. The van der Waals surface area contributed by atoms with E-state index in [1.807, 2.05) is 0 Å². The molecule has 0 aromatic carbocycles. The van der Waals surface area contributed by atoms with Crippen molar-refractivity contribution < 1.29 is 0 Å². The highest BCUT2D eigenvalue weighted by Gasteiger charge is 2.13. The van der Waals surface area contributed by atoms with Crippen molar-refractivity contribution in [2.75, 3.05) is 0 Å². The number of aromatic nitrogens is 7. The molecule has 1 unspecified atom stereocenters. The van der Waals surface area contributed by atoms with Crippen molar-refractivity contribution in [3.63, 3.8) is 0 Å². The molecule has 3 heterocycles. The molecule has 0 amide bonds. The smallest absolute Gasteiger partial charge is 0.239 e. The quantitative estimate of drug-likeness (QED) is 0.417. The number of amidine groups is 1. The van der Waals surface area contributed by atoms with E-state index in [1.54, 1.807) is 42.6 Å². The summed E-state index contributed by atoms with van der Waals surface area (Å²) in [6.07, 6.45) is 9.54. The molecule has 2 N–H and O–H groups in total. The van der Waals surface area contributed by atoms with E-state index in [4.69, 9.17) is 28.9 Å². The third-order valence-corrected chi connectivity index (χ3v) is 3.35. The Balaban J connectivity index is 1.85. The fourth-order valence-electron chi connectivity index (χ4n) is 1.83. The van der Waals surface area contributed by atoms with Crippen LogP contribution in [0.25, 0.3) is 5.95 Å². The summed E-state index contributed by atoms with van der Waals surface area (Å²) in [5.74, 6) is 0.789. The van der Waals surface area contributed by atoms with E-state index in [1.165, 1.54) is 10.9 Å². The summed E-state index contributed by atoms with van der Waals surface area (Å²) in [6, 6.07) is -0.519. The maximum Gasteiger partial charge on any atom is 0.239 e. The van der Waals surface area contributed by atoms with Crippen molar-refractivity contribution >= 4 is 34.5 Å². The Bertz CT molecular complexity index is 901. The lowest BCUT2D eigenvalue weighted by Gasteiger charge is -2.08. The zero-order valence-electron chi connectivity index (χ0n) is 12.9. The van der Waals surface area contributed by atoms with Crippen molar-refractivity contribution in [1.29, 1.82) is 0 Å². The van der Waals surface area contributed by atoms with Crippen LogP contribution in [-0.2, 0) is 0 Å². The van der Waals surface area contributed by atoms with Gasteiger partial charge in [-0.2, -0.15) is 15.0 Å². The van der Waals surface area contributed by atoms with Gasteiger partial charge in [0.15, 0.2) is 5.82 Å². The van der Waals surface area contributed by atoms with Crippen molar-refractivity contribution in [3.8, 4) is 5.95 Å². The predicted octanol–water partition coefficient (Wildman–Crippen LogP) is 1.43. The number of nitrogens with zero attached hydrogens (tertiary/aromatic N) is 9. The van der Waals surface area contributed by atoms with Crippen LogP contribution in [0.15, 0.2) is 47.4 Å². The van der Waals surface area contributed by atoms with Crippen molar-refractivity contribution in [2.45, 2.75) is 13.0 Å². The third-order valence-electron chi connectivity index (χ3n) is 3.00. The number of rotatable bonds is 3. The molecule has 1 atom stereocenters. The van der Waals surface area contributed by atoms with Gasteiger partial charge in [0.05, 0.1) is 0 Å². The van der Waals surface area contributed by atoms with Crippen LogP contribution in [0.5, 0.6) is 0 Å². The number of imidazole rings is 2. The monoisotopic (exact) mass is 378 g/mol. The predicted molar refractivity (Wildman–Crippen MR) is 92.9 cm³/mol. The molecule has 3 rings (SSSR count). The Morgan fingerprint density at radius 1 is 1.16 bits per heavy atom. The Morgan fingerprint density at radius 2 is 1.92 bits per heavy atom. The molecule has 3 aromatic heterocycles. The molecular weight excluding hydrogens is 367 g/mol. The van der Waals surface area contributed by atoms with Crippen LogP contribution in [0.4, 0.5) is 0 Å². The van der Waals surface area contributed by atoms with Crippen LogP contribution in [-0.4, -0.2) is 45.3 Å². The normalized spacial score (nSPS) is 13.9.